The largest absolute Gasteiger partial charge is 0.291 e. The molecule has 0 saturated carbocycles. The minimum atomic E-state index is 0.641. The highest BCUT2D eigenvalue weighted by Crippen LogP contribution is 2.22. The molecule has 0 saturated heterocycles. The molecular formula is C19H33N. The average Bonchev–Trinajstić information content (AvgIpc) is 2.90. The van der Waals surface area contributed by atoms with Gasteiger partial charge in [0.2, 0.25) is 0 Å². The van der Waals surface area contributed by atoms with E-state index >= 15 is 0 Å². The summed E-state index contributed by atoms with van der Waals surface area (Å²) in [6, 6.07) is 0.641. The summed E-state index contributed by atoms with van der Waals surface area (Å²) in [6.07, 6.45) is 20.9. The molecule has 1 heterocycles. The summed E-state index contributed by atoms with van der Waals surface area (Å²) >= 11 is 0. The van der Waals surface area contributed by atoms with E-state index in [1.807, 2.05) is 12.2 Å². The summed E-state index contributed by atoms with van der Waals surface area (Å²) in [6.45, 7) is 7.54. The Hall–Kier alpha value is -0.850. The molecule has 0 spiro atoms. The van der Waals surface area contributed by atoms with Crippen molar-refractivity contribution in [3.05, 3.63) is 25.3 Å². The first-order valence-corrected chi connectivity index (χ1v) is 8.64. The van der Waals surface area contributed by atoms with Crippen LogP contribution in [0.25, 0.3) is 0 Å². The molecule has 1 unspecified atom stereocenters. The molecule has 1 atom stereocenters. The lowest BCUT2D eigenvalue weighted by molar-refractivity contribution is 0.567. The number of nitrogens with zero attached hydrogens (tertiary/aromatic N) is 1. The minimum absolute atomic E-state index is 0.641. The monoisotopic (exact) mass is 275 g/mol. The SMILES string of the molecule is C=CCCCCCCCC1=NC(CCCCC=C)CC1. The predicted octanol–water partition coefficient (Wildman–Crippen LogP) is 6.25. The van der Waals surface area contributed by atoms with Gasteiger partial charge in [0.15, 0.2) is 0 Å². The normalized spacial score (nSPS) is 18.0. The van der Waals surface area contributed by atoms with Gasteiger partial charge in [0, 0.05) is 5.71 Å². The molecule has 0 amide bonds. The highest BCUT2D eigenvalue weighted by molar-refractivity contribution is 5.86. The van der Waals surface area contributed by atoms with Gasteiger partial charge in [-0.15, -0.1) is 13.2 Å². The zero-order valence-corrected chi connectivity index (χ0v) is 13.3. The van der Waals surface area contributed by atoms with Crippen LogP contribution in [0.5, 0.6) is 0 Å². The van der Waals surface area contributed by atoms with E-state index in [0.717, 1.165) is 6.42 Å². The average molecular weight is 275 g/mol. The van der Waals surface area contributed by atoms with Crippen LogP contribution in [0, 0.1) is 0 Å². The zero-order chi connectivity index (χ0) is 14.5. The first-order chi connectivity index (χ1) is 9.86. The second-order valence-corrected chi connectivity index (χ2v) is 6.06. The molecule has 114 valence electrons. The molecule has 0 aromatic carbocycles. The van der Waals surface area contributed by atoms with Crippen molar-refractivity contribution in [1.29, 1.82) is 0 Å². The smallest absolute Gasteiger partial charge is 0.0502 e. The van der Waals surface area contributed by atoms with E-state index in [1.165, 1.54) is 82.8 Å². The van der Waals surface area contributed by atoms with Crippen molar-refractivity contribution in [2.45, 2.75) is 89.5 Å². The molecule has 1 aliphatic rings. The van der Waals surface area contributed by atoms with Crippen molar-refractivity contribution >= 4 is 5.71 Å². The van der Waals surface area contributed by atoms with Crippen LogP contribution in [0.3, 0.4) is 0 Å². The first kappa shape index (κ1) is 17.2. The van der Waals surface area contributed by atoms with Crippen molar-refractivity contribution in [1.82, 2.24) is 0 Å². The van der Waals surface area contributed by atoms with Crippen molar-refractivity contribution in [2.24, 2.45) is 4.99 Å². The summed E-state index contributed by atoms with van der Waals surface area (Å²) in [5.74, 6) is 0. The van der Waals surface area contributed by atoms with Gasteiger partial charge in [-0.3, -0.25) is 4.99 Å². The number of hydrogen-bond donors (Lipinski definition) is 0. The van der Waals surface area contributed by atoms with Gasteiger partial charge >= 0.3 is 0 Å². The third-order valence-corrected chi connectivity index (χ3v) is 4.20. The van der Waals surface area contributed by atoms with Gasteiger partial charge in [0.05, 0.1) is 6.04 Å². The van der Waals surface area contributed by atoms with Crippen LogP contribution in [0.4, 0.5) is 0 Å². The van der Waals surface area contributed by atoms with Crippen molar-refractivity contribution in [2.75, 3.05) is 0 Å². The van der Waals surface area contributed by atoms with Crippen LogP contribution in [0.1, 0.15) is 83.5 Å². The molecule has 0 aromatic rings. The van der Waals surface area contributed by atoms with Gasteiger partial charge in [-0.25, -0.2) is 0 Å². The Morgan fingerprint density at radius 3 is 2.30 bits per heavy atom. The van der Waals surface area contributed by atoms with Crippen molar-refractivity contribution in [3.63, 3.8) is 0 Å². The number of hydrogen-bond acceptors (Lipinski definition) is 1. The Bertz CT molecular complexity index is 290. The molecular weight excluding hydrogens is 242 g/mol. The molecule has 20 heavy (non-hydrogen) atoms. The Morgan fingerprint density at radius 1 is 0.900 bits per heavy atom. The van der Waals surface area contributed by atoms with Crippen LogP contribution in [0.15, 0.2) is 30.3 Å². The quantitative estimate of drug-likeness (QED) is 0.278. The minimum Gasteiger partial charge on any atom is -0.291 e. The van der Waals surface area contributed by atoms with Gasteiger partial charge in [0.25, 0.3) is 0 Å². The lowest BCUT2D eigenvalue weighted by Gasteiger charge is -2.04. The topological polar surface area (TPSA) is 12.4 Å². The maximum absolute atomic E-state index is 4.91. The molecule has 1 aliphatic heterocycles. The maximum atomic E-state index is 4.91. The first-order valence-electron chi connectivity index (χ1n) is 8.64. The molecule has 0 aliphatic carbocycles. The molecule has 1 rings (SSSR count). The summed E-state index contributed by atoms with van der Waals surface area (Å²) in [5.41, 5.74) is 1.50. The van der Waals surface area contributed by atoms with E-state index in [1.54, 1.807) is 0 Å². The third kappa shape index (κ3) is 8.35. The molecule has 0 fully saturated rings. The van der Waals surface area contributed by atoms with E-state index in [9.17, 15) is 0 Å². The number of rotatable bonds is 13. The standard InChI is InChI=1S/C19H33N/c1-3-5-7-9-10-11-13-15-19-17-16-18(20-19)14-12-8-6-4-2/h3-4,18H,1-2,5-17H2. The highest BCUT2D eigenvalue weighted by atomic mass is 14.8. The fourth-order valence-electron chi connectivity index (χ4n) is 2.94. The molecule has 0 aromatic heterocycles. The summed E-state index contributed by atoms with van der Waals surface area (Å²) < 4.78 is 0. The Labute approximate surface area is 126 Å². The van der Waals surface area contributed by atoms with Crippen molar-refractivity contribution in [3.8, 4) is 0 Å². The molecule has 1 heteroatoms. The van der Waals surface area contributed by atoms with E-state index in [-0.39, 0.29) is 0 Å². The fraction of sp³-hybridized carbons (Fsp3) is 0.737. The predicted molar refractivity (Wildman–Crippen MR) is 91.6 cm³/mol. The Kier molecular flexibility index (Phi) is 10.3. The van der Waals surface area contributed by atoms with Crippen LogP contribution in [0.2, 0.25) is 0 Å². The van der Waals surface area contributed by atoms with E-state index in [0.29, 0.717) is 6.04 Å². The lowest BCUT2D eigenvalue weighted by atomic mass is 10.0. The number of aliphatic imine (C=N–C) groups is 1. The van der Waals surface area contributed by atoms with E-state index < -0.39 is 0 Å². The van der Waals surface area contributed by atoms with Gasteiger partial charge in [-0.05, 0) is 57.8 Å². The Balaban J connectivity index is 1.98. The van der Waals surface area contributed by atoms with Gasteiger partial charge in [-0.2, -0.15) is 0 Å². The highest BCUT2D eigenvalue weighted by Gasteiger charge is 2.16. The fourth-order valence-corrected chi connectivity index (χ4v) is 2.94. The molecule has 0 radical (unpaired) electrons. The molecule has 0 N–H and O–H groups in total. The van der Waals surface area contributed by atoms with E-state index in [4.69, 9.17) is 4.99 Å². The summed E-state index contributed by atoms with van der Waals surface area (Å²) in [4.78, 5) is 4.91. The third-order valence-electron chi connectivity index (χ3n) is 4.20. The van der Waals surface area contributed by atoms with Crippen LogP contribution < -0.4 is 0 Å². The second-order valence-electron chi connectivity index (χ2n) is 6.06. The van der Waals surface area contributed by atoms with Crippen LogP contribution >= 0.6 is 0 Å². The molecule has 0 bridgehead atoms. The number of unbranched alkanes of at least 4 members (excludes halogenated alkanes) is 7. The summed E-state index contributed by atoms with van der Waals surface area (Å²) in [7, 11) is 0. The van der Waals surface area contributed by atoms with Gasteiger partial charge < -0.3 is 0 Å². The maximum Gasteiger partial charge on any atom is 0.0502 e. The van der Waals surface area contributed by atoms with Gasteiger partial charge in [0.1, 0.15) is 0 Å². The van der Waals surface area contributed by atoms with Gasteiger partial charge in [-0.1, -0.05) is 37.8 Å². The lowest BCUT2D eigenvalue weighted by Crippen LogP contribution is -1.98. The summed E-state index contributed by atoms with van der Waals surface area (Å²) in [5, 5.41) is 0. The Morgan fingerprint density at radius 2 is 1.55 bits per heavy atom. The second kappa shape index (κ2) is 11.9. The zero-order valence-electron chi connectivity index (χ0n) is 13.3. The van der Waals surface area contributed by atoms with Crippen molar-refractivity contribution < 1.29 is 0 Å². The van der Waals surface area contributed by atoms with E-state index in [2.05, 4.69) is 13.2 Å². The van der Waals surface area contributed by atoms with Crippen LogP contribution in [-0.2, 0) is 0 Å². The molecule has 1 nitrogen and oxygen atoms in total. The number of allylic oxidation sites excluding steroid dienone is 2. The van der Waals surface area contributed by atoms with Crippen LogP contribution in [-0.4, -0.2) is 11.8 Å².